The van der Waals surface area contributed by atoms with E-state index in [2.05, 4.69) is 15.4 Å². The van der Waals surface area contributed by atoms with E-state index in [4.69, 9.17) is 4.74 Å². The van der Waals surface area contributed by atoms with Crippen LogP contribution in [0.25, 0.3) is 0 Å². The lowest BCUT2D eigenvalue weighted by atomic mass is 10.2. The van der Waals surface area contributed by atoms with Gasteiger partial charge in [-0.3, -0.25) is 14.4 Å². The molecule has 24 heavy (non-hydrogen) atoms. The zero-order valence-corrected chi connectivity index (χ0v) is 15.1. The average molecular weight is 344 g/mol. The lowest BCUT2D eigenvalue weighted by Gasteiger charge is -2.22. The van der Waals surface area contributed by atoms with Gasteiger partial charge in [0, 0.05) is 12.8 Å². The van der Waals surface area contributed by atoms with Crippen LogP contribution >= 0.6 is 0 Å². The molecule has 0 aromatic heterocycles. The Morgan fingerprint density at radius 1 is 1.00 bits per heavy atom. The molecule has 0 aliphatic carbocycles. The van der Waals surface area contributed by atoms with Crippen LogP contribution in [0.3, 0.4) is 0 Å². The van der Waals surface area contributed by atoms with Crippen LogP contribution in [0.15, 0.2) is 0 Å². The van der Waals surface area contributed by atoms with Crippen molar-refractivity contribution in [2.45, 2.75) is 65.0 Å². The topological polar surface area (TPSA) is 111 Å². The van der Waals surface area contributed by atoms with Gasteiger partial charge in [-0.1, -0.05) is 0 Å². The van der Waals surface area contributed by atoms with Crippen LogP contribution in [-0.2, 0) is 28.7 Å². The summed E-state index contributed by atoms with van der Waals surface area (Å²) in [5, 5.41) is 4.92. The van der Waals surface area contributed by atoms with Crippen molar-refractivity contribution >= 4 is 23.8 Å². The Bertz CT molecular complexity index is 456. The minimum absolute atomic E-state index is 0.214. The van der Waals surface area contributed by atoms with Crippen LogP contribution in [0.5, 0.6) is 0 Å². The van der Waals surface area contributed by atoms with Gasteiger partial charge in [-0.25, -0.2) is 4.79 Å². The molecule has 0 saturated heterocycles. The van der Waals surface area contributed by atoms with Crippen LogP contribution in [0.2, 0.25) is 0 Å². The average Bonchev–Trinajstić information content (AvgIpc) is 2.47. The fraction of sp³-hybridized carbons (Fsp3) is 0.750. The highest BCUT2D eigenvalue weighted by Gasteiger charge is 2.22. The van der Waals surface area contributed by atoms with E-state index >= 15 is 0 Å². The SMILES string of the molecule is COC(=O)CCCCC(=O)NCC(=O)N[C@H](C)C(=O)OC(C)(C)C. The molecule has 0 saturated carbocycles. The van der Waals surface area contributed by atoms with Gasteiger partial charge in [-0.15, -0.1) is 0 Å². The zero-order valence-electron chi connectivity index (χ0n) is 15.1. The molecule has 0 spiro atoms. The number of rotatable bonds is 9. The van der Waals surface area contributed by atoms with Crippen molar-refractivity contribution in [2.24, 2.45) is 0 Å². The summed E-state index contributed by atoms with van der Waals surface area (Å²) in [6.45, 7) is 6.50. The van der Waals surface area contributed by atoms with Crippen LogP contribution in [0.4, 0.5) is 0 Å². The van der Waals surface area contributed by atoms with E-state index in [1.54, 1.807) is 20.8 Å². The van der Waals surface area contributed by atoms with Crippen LogP contribution in [-0.4, -0.2) is 49.1 Å². The largest absolute Gasteiger partial charge is 0.469 e. The van der Waals surface area contributed by atoms with Crippen molar-refractivity contribution in [1.29, 1.82) is 0 Å². The number of ether oxygens (including phenoxy) is 2. The van der Waals surface area contributed by atoms with E-state index < -0.39 is 23.5 Å². The van der Waals surface area contributed by atoms with E-state index in [1.165, 1.54) is 14.0 Å². The predicted octanol–water partition coefficient (Wildman–Crippen LogP) is 0.682. The lowest BCUT2D eigenvalue weighted by molar-refractivity contribution is -0.158. The van der Waals surface area contributed by atoms with Crippen molar-refractivity contribution in [1.82, 2.24) is 10.6 Å². The van der Waals surface area contributed by atoms with Gasteiger partial charge in [0.15, 0.2) is 0 Å². The second-order valence-electron chi connectivity index (χ2n) is 6.38. The lowest BCUT2D eigenvalue weighted by Crippen LogP contribution is -2.46. The third-order valence-corrected chi connectivity index (χ3v) is 2.85. The van der Waals surface area contributed by atoms with Gasteiger partial charge in [0.25, 0.3) is 0 Å². The molecule has 0 aliphatic heterocycles. The Balaban J connectivity index is 3.94. The van der Waals surface area contributed by atoms with E-state index in [9.17, 15) is 19.2 Å². The monoisotopic (exact) mass is 344 g/mol. The van der Waals surface area contributed by atoms with E-state index in [0.29, 0.717) is 12.8 Å². The molecule has 2 amide bonds. The van der Waals surface area contributed by atoms with E-state index in [-0.39, 0.29) is 31.3 Å². The molecule has 0 aliphatic rings. The first-order valence-corrected chi connectivity index (χ1v) is 7.91. The molecule has 0 unspecified atom stereocenters. The first-order chi connectivity index (χ1) is 11.0. The molecular formula is C16H28N2O6. The maximum Gasteiger partial charge on any atom is 0.328 e. The Labute approximate surface area is 142 Å². The molecule has 0 fully saturated rings. The van der Waals surface area contributed by atoms with Gasteiger partial charge >= 0.3 is 11.9 Å². The Kier molecular flexibility index (Phi) is 9.68. The van der Waals surface area contributed by atoms with Crippen molar-refractivity contribution in [3.8, 4) is 0 Å². The van der Waals surface area contributed by atoms with Crippen molar-refractivity contribution in [3.05, 3.63) is 0 Å². The molecule has 2 N–H and O–H groups in total. The number of nitrogens with one attached hydrogen (secondary N) is 2. The minimum Gasteiger partial charge on any atom is -0.469 e. The number of hydrogen-bond donors (Lipinski definition) is 2. The van der Waals surface area contributed by atoms with Gasteiger partial charge in [-0.2, -0.15) is 0 Å². The smallest absolute Gasteiger partial charge is 0.328 e. The van der Waals surface area contributed by atoms with Gasteiger partial charge in [0.2, 0.25) is 11.8 Å². The Morgan fingerprint density at radius 2 is 1.58 bits per heavy atom. The molecule has 0 radical (unpaired) electrons. The third kappa shape index (κ3) is 11.4. The normalized spacial score (nSPS) is 12.0. The Hall–Kier alpha value is -2.12. The van der Waals surface area contributed by atoms with Crippen molar-refractivity contribution in [3.63, 3.8) is 0 Å². The number of amides is 2. The first kappa shape index (κ1) is 21.9. The Morgan fingerprint density at radius 3 is 2.12 bits per heavy atom. The maximum absolute atomic E-state index is 11.7. The molecular weight excluding hydrogens is 316 g/mol. The highest BCUT2D eigenvalue weighted by molar-refractivity contribution is 5.88. The van der Waals surface area contributed by atoms with Crippen molar-refractivity contribution < 1.29 is 28.7 Å². The van der Waals surface area contributed by atoms with E-state index in [0.717, 1.165) is 0 Å². The number of esters is 2. The number of carbonyl (C=O) groups excluding carboxylic acids is 4. The van der Waals surface area contributed by atoms with Gasteiger partial charge in [0.1, 0.15) is 11.6 Å². The maximum atomic E-state index is 11.7. The second-order valence-corrected chi connectivity index (χ2v) is 6.38. The molecule has 0 aromatic carbocycles. The summed E-state index contributed by atoms with van der Waals surface area (Å²) in [4.78, 5) is 45.9. The van der Waals surface area contributed by atoms with Crippen LogP contribution in [0.1, 0.15) is 53.4 Å². The number of methoxy groups -OCH3 is 1. The summed E-state index contributed by atoms with van der Waals surface area (Å²) in [5.74, 6) is -1.62. The van der Waals surface area contributed by atoms with Gasteiger partial charge in [-0.05, 0) is 40.5 Å². The van der Waals surface area contributed by atoms with E-state index in [1.807, 2.05) is 0 Å². The summed E-state index contributed by atoms with van der Waals surface area (Å²) in [6, 6.07) is -0.798. The molecule has 0 bridgehead atoms. The molecule has 8 heteroatoms. The molecule has 0 heterocycles. The van der Waals surface area contributed by atoms with Crippen LogP contribution < -0.4 is 10.6 Å². The summed E-state index contributed by atoms with van der Waals surface area (Å²) in [5.41, 5.74) is -0.630. The van der Waals surface area contributed by atoms with Crippen LogP contribution in [0, 0.1) is 0 Å². The second kappa shape index (κ2) is 10.6. The number of carbonyl (C=O) groups is 4. The molecule has 138 valence electrons. The summed E-state index contributed by atoms with van der Waals surface area (Å²) in [7, 11) is 1.31. The molecule has 0 aromatic rings. The van der Waals surface area contributed by atoms with Crippen molar-refractivity contribution in [2.75, 3.05) is 13.7 Å². The summed E-state index contributed by atoms with van der Waals surface area (Å²) < 4.78 is 9.63. The van der Waals surface area contributed by atoms with Gasteiger partial charge in [0.05, 0.1) is 13.7 Å². The standard InChI is InChI=1S/C16H28N2O6/c1-11(15(22)24-16(2,3)4)18-13(20)10-17-12(19)8-6-7-9-14(21)23-5/h11H,6-10H2,1-5H3,(H,17,19)(H,18,20)/t11-/m1/s1. The summed E-state index contributed by atoms with van der Waals surface area (Å²) in [6.07, 6.45) is 1.54. The quantitative estimate of drug-likeness (QED) is 0.470. The molecule has 8 nitrogen and oxygen atoms in total. The first-order valence-electron chi connectivity index (χ1n) is 7.91. The third-order valence-electron chi connectivity index (χ3n) is 2.85. The molecule has 1 atom stereocenters. The fourth-order valence-corrected chi connectivity index (χ4v) is 1.67. The fourth-order valence-electron chi connectivity index (χ4n) is 1.67. The zero-order chi connectivity index (χ0) is 18.8. The molecule has 0 rings (SSSR count). The highest BCUT2D eigenvalue weighted by atomic mass is 16.6. The number of unbranched alkanes of at least 4 members (excludes halogenated alkanes) is 1. The highest BCUT2D eigenvalue weighted by Crippen LogP contribution is 2.08. The minimum atomic E-state index is -0.798. The van der Waals surface area contributed by atoms with Gasteiger partial charge < -0.3 is 20.1 Å². The predicted molar refractivity (Wildman–Crippen MR) is 86.9 cm³/mol. The number of hydrogen-bond acceptors (Lipinski definition) is 6. The summed E-state index contributed by atoms with van der Waals surface area (Å²) >= 11 is 0.